The van der Waals surface area contributed by atoms with Gasteiger partial charge in [-0.2, -0.15) is 0 Å². The van der Waals surface area contributed by atoms with Crippen molar-refractivity contribution < 1.29 is 4.21 Å². The first-order chi connectivity index (χ1) is 11.1. The molecule has 2 aromatic carbocycles. The van der Waals surface area contributed by atoms with Crippen molar-refractivity contribution in [1.29, 1.82) is 0 Å². The second-order valence-electron chi connectivity index (χ2n) is 6.48. The zero-order valence-corrected chi connectivity index (χ0v) is 14.8. The zero-order valence-electron chi connectivity index (χ0n) is 14.0. The van der Waals surface area contributed by atoms with Crippen LogP contribution in [0.4, 0.5) is 0 Å². The first-order valence-corrected chi connectivity index (χ1v) is 9.71. The molecule has 0 aliphatic carbocycles. The Morgan fingerprint density at radius 3 is 2.48 bits per heavy atom. The van der Waals surface area contributed by atoms with Crippen LogP contribution in [0.5, 0.6) is 0 Å². The number of hydrogen-bond acceptors (Lipinski definition) is 2. The number of nitrogens with zero attached hydrogens (tertiary/aromatic N) is 1. The van der Waals surface area contributed by atoms with Crippen LogP contribution in [-0.2, 0) is 10.8 Å². The highest BCUT2D eigenvalue weighted by atomic mass is 32.2. The van der Waals surface area contributed by atoms with E-state index in [2.05, 4.69) is 36.9 Å². The number of hydrogen-bond donors (Lipinski definition) is 0. The molecule has 0 aromatic heterocycles. The van der Waals surface area contributed by atoms with E-state index in [1.165, 1.54) is 29.5 Å². The van der Waals surface area contributed by atoms with Crippen molar-refractivity contribution in [2.24, 2.45) is 0 Å². The lowest BCUT2D eigenvalue weighted by molar-refractivity contribution is 0.273. The van der Waals surface area contributed by atoms with Gasteiger partial charge in [0.15, 0.2) is 0 Å². The average Bonchev–Trinajstić information content (AvgIpc) is 3.01. The quantitative estimate of drug-likeness (QED) is 0.818. The minimum atomic E-state index is -0.901. The number of likely N-dealkylation sites (tertiary alicyclic amines) is 1. The highest BCUT2D eigenvalue weighted by Gasteiger charge is 2.26. The standard InChI is InChI=1S/C20H25NOS/c1-16-13-17(2)15-18(14-16)20-9-6-10-21(20)11-12-23(22)19-7-4-3-5-8-19/h3-5,7-8,13-15,20H,6,9-12H2,1-2H3. The van der Waals surface area contributed by atoms with Gasteiger partial charge in [-0.1, -0.05) is 47.5 Å². The molecule has 0 radical (unpaired) electrons. The van der Waals surface area contributed by atoms with E-state index in [4.69, 9.17) is 0 Å². The van der Waals surface area contributed by atoms with Crippen LogP contribution in [0.3, 0.4) is 0 Å². The molecule has 0 saturated carbocycles. The Kier molecular flexibility index (Phi) is 5.29. The van der Waals surface area contributed by atoms with Crippen molar-refractivity contribution in [3.8, 4) is 0 Å². The van der Waals surface area contributed by atoms with Crippen LogP contribution in [0.2, 0.25) is 0 Å². The molecule has 0 N–H and O–H groups in total. The number of rotatable bonds is 5. The van der Waals surface area contributed by atoms with E-state index in [0.29, 0.717) is 11.8 Å². The van der Waals surface area contributed by atoms with Crippen LogP contribution >= 0.6 is 0 Å². The maximum absolute atomic E-state index is 12.4. The second-order valence-corrected chi connectivity index (χ2v) is 8.05. The van der Waals surface area contributed by atoms with Gasteiger partial charge in [0.25, 0.3) is 0 Å². The monoisotopic (exact) mass is 327 g/mol. The van der Waals surface area contributed by atoms with Crippen molar-refractivity contribution in [2.45, 2.75) is 37.6 Å². The highest BCUT2D eigenvalue weighted by Crippen LogP contribution is 2.32. The van der Waals surface area contributed by atoms with Gasteiger partial charge in [0.05, 0.1) is 10.8 Å². The molecule has 1 fully saturated rings. The van der Waals surface area contributed by atoms with E-state index in [1.807, 2.05) is 30.3 Å². The molecule has 3 rings (SSSR count). The molecule has 1 aliphatic rings. The van der Waals surface area contributed by atoms with E-state index >= 15 is 0 Å². The number of benzene rings is 2. The maximum atomic E-state index is 12.4. The summed E-state index contributed by atoms with van der Waals surface area (Å²) in [6.45, 7) is 6.35. The van der Waals surface area contributed by atoms with Crippen LogP contribution in [0.25, 0.3) is 0 Å². The minimum absolute atomic E-state index is 0.487. The summed E-state index contributed by atoms with van der Waals surface area (Å²) in [4.78, 5) is 3.45. The van der Waals surface area contributed by atoms with Gasteiger partial charge in [-0.05, 0) is 50.9 Å². The van der Waals surface area contributed by atoms with Gasteiger partial charge >= 0.3 is 0 Å². The van der Waals surface area contributed by atoms with E-state index < -0.39 is 10.8 Å². The van der Waals surface area contributed by atoms with Gasteiger partial charge in [0, 0.05) is 23.2 Å². The Hall–Kier alpha value is -1.45. The summed E-state index contributed by atoms with van der Waals surface area (Å²) >= 11 is 0. The lowest BCUT2D eigenvalue weighted by atomic mass is 10.00. The average molecular weight is 327 g/mol. The zero-order chi connectivity index (χ0) is 16.2. The van der Waals surface area contributed by atoms with E-state index in [-0.39, 0.29) is 0 Å². The van der Waals surface area contributed by atoms with E-state index in [9.17, 15) is 4.21 Å². The largest absolute Gasteiger partial charge is 0.295 e. The van der Waals surface area contributed by atoms with Gasteiger partial charge in [-0.3, -0.25) is 9.11 Å². The molecule has 2 nitrogen and oxygen atoms in total. The van der Waals surface area contributed by atoms with Gasteiger partial charge in [0.1, 0.15) is 0 Å². The molecule has 1 aliphatic heterocycles. The van der Waals surface area contributed by atoms with Gasteiger partial charge < -0.3 is 0 Å². The fourth-order valence-electron chi connectivity index (χ4n) is 3.56. The third-order valence-electron chi connectivity index (χ3n) is 4.56. The second kappa shape index (κ2) is 7.41. The molecular weight excluding hydrogens is 302 g/mol. The highest BCUT2D eigenvalue weighted by molar-refractivity contribution is 7.85. The number of aryl methyl sites for hydroxylation is 2. The Balaban J connectivity index is 1.66. The predicted octanol–water partition coefficient (Wildman–Crippen LogP) is 4.25. The van der Waals surface area contributed by atoms with E-state index in [0.717, 1.165) is 18.0 Å². The van der Waals surface area contributed by atoms with Crippen molar-refractivity contribution in [3.05, 3.63) is 65.2 Å². The summed E-state index contributed by atoms with van der Waals surface area (Å²) in [5.74, 6) is 0.714. The molecule has 0 spiro atoms. The molecule has 122 valence electrons. The first kappa shape index (κ1) is 16.4. The summed E-state index contributed by atoms with van der Waals surface area (Å²) in [7, 11) is -0.901. The lowest BCUT2D eigenvalue weighted by Crippen LogP contribution is -2.28. The summed E-state index contributed by atoms with van der Waals surface area (Å²) < 4.78 is 12.4. The molecule has 2 aromatic rings. The summed E-state index contributed by atoms with van der Waals surface area (Å²) in [6.07, 6.45) is 2.44. The van der Waals surface area contributed by atoms with Crippen molar-refractivity contribution >= 4 is 10.8 Å². The Labute approximate surface area is 142 Å². The van der Waals surface area contributed by atoms with Crippen LogP contribution in [0.15, 0.2) is 53.4 Å². The Bertz CT molecular complexity index is 663. The van der Waals surface area contributed by atoms with Gasteiger partial charge in [0.2, 0.25) is 0 Å². The molecule has 0 amide bonds. The molecule has 1 heterocycles. The molecular formula is C20H25NOS. The first-order valence-electron chi connectivity index (χ1n) is 8.39. The maximum Gasteiger partial charge on any atom is 0.0542 e. The molecule has 1 saturated heterocycles. The molecule has 3 heteroatoms. The SMILES string of the molecule is Cc1cc(C)cc(C2CCCN2CCS(=O)c2ccccc2)c1. The Morgan fingerprint density at radius 2 is 1.78 bits per heavy atom. The Morgan fingerprint density at radius 1 is 1.09 bits per heavy atom. The molecule has 0 bridgehead atoms. The molecule has 2 unspecified atom stereocenters. The van der Waals surface area contributed by atoms with Crippen LogP contribution in [-0.4, -0.2) is 28.0 Å². The summed E-state index contributed by atoms with van der Waals surface area (Å²) in [6, 6.07) is 17.1. The van der Waals surface area contributed by atoms with Crippen molar-refractivity contribution in [2.75, 3.05) is 18.8 Å². The predicted molar refractivity (Wildman–Crippen MR) is 97.2 cm³/mol. The van der Waals surface area contributed by atoms with E-state index in [1.54, 1.807) is 0 Å². The van der Waals surface area contributed by atoms with Crippen LogP contribution < -0.4 is 0 Å². The van der Waals surface area contributed by atoms with Crippen molar-refractivity contribution in [1.82, 2.24) is 4.90 Å². The third-order valence-corrected chi connectivity index (χ3v) is 5.91. The molecule has 2 atom stereocenters. The smallest absolute Gasteiger partial charge is 0.0542 e. The lowest BCUT2D eigenvalue weighted by Gasteiger charge is -2.25. The third kappa shape index (κ3) is 4.10. The topological polar surface area (TPSA) is 20.3 Å². The van der Waals surface area contributed by atoms with Crippen molar-refractivity contribution in [3.63, 3.8) is 0 Å². The minimum Gasteiger partial charge on any atom is -0.295 e. The summed E-state index contributed by atoms with van der Waals surface area (Å²) in [5, 5.41) is 0. The van der Waals surface area contributed by atoms with Gasteiger partial charge in [-0.25, -0.2) is 0 Å². The fourth-order valence-corrected chi connectivity index (χ4v) is 4.66. The van der Waals surface area contributed by atoms with Gasteiger partial charge in [-0.15, -0.1) is 0 Å². The fraction of sp³-hybridized carbons (Fsp3) is 0.400. The summed E-state index contributed by atoms with van der Waals surface area (Å²) in [5.41, 5.74) is 4.09. The van der Waals surface area contributed by atoms with Crippen LogP contribution in [0.1, 0.15) is 35.6 Å². The normalized spacial score (nSPS) is 19.8. The molecule has 23 heavy (non-hydrogen) atoms. The van der Waals surface area contributed by atoms with Crippen LogP contribution in [0, 0.1) is 13.8 Å².